The lowest BCUT2D eigenvalue weighted by molar-refractivity contribution is -0.124. The van der Waals surface area contributed by atoms with E-state index in [-0.39, 0.29) is 36.0 Å². The van der Waals surface area contributed by atoms with Gasteiger partial charge in [-0.3, -0.25) is 14.4 Å². The molecule has 0 radical (unpaired) electrons. The number of fused-ring (bicyclic) bond motifs is 1. The van der Waals surface area contributed by atoms with E-state index in [0.717, 1.165) is 18.4 Å². The van der Waals surface area contributed by atoms with Gasteiger partial charge in [-0.25, -0.2) is 4.39 Å². The minimum absolute atomic E-state index is 0.0333. The molecule has 1 aliphatic rings. The summed E-state index contributed by atoms with van der Waals surface area (Å²) in [6.45, 7) is 4.89. The van der Waals surface area contributed by atoms with Crippen LogP contribution in [0, 0.1) is 17.7 Å². The predicted octanol–water partition coefficient (Wildman–Crippen LogP) is 4.39. The lowest BCUT2D eigenvalue weighted by atomic mass is 9.79. The summed E-state index contributed by atoms with van der Waals surface area (Å²) in [7, 11) is 6.09. The first-order chi connectivity index (χ1) is 18.5. The number of piperidine rings is 1. The molecule has 0 aliphatic carbocycles. The first kappa shape index (κ1) is 28.3. The molecule has 4 rings (SSSR count). The van der Waals surface area contributed by atoms with Crippen LogP contribution in [0.25, 0.3) is 10.9 Å². The van der Waals surface area contributed by atoms with Gasteiger partial charge in [0.25, 0.3) is 17.6 Å². The van der Waals surface area contributed by atoms with Crippen molar-refractivity contribution in [3.63, 3.8) is 0 Å². The number of ketones is 1. The van der Waals surface area contributed by atoms with E-state index in [4.69, 9.17) is 9.47 Å². The smallest absolute Gasteiger partial charge is 0.294 e. The van der Waals surface area contributed by atoms with E-state index in [1.54, 1.807) is 22.9 Å². The number of likely N-dealkylation sites (N-methyl/N-ethyl adjacent to an activating group) is 1. The summed E-state index contributed by atoms with van der Waals surface area (Å²) in [4.78, 5) is 42.6. The maximum Gasteiger partial charge on any atom is 0.294 e. The highest BCUT2D eigenvalue weighted by Crippen LogP contribution is 2.35. The van der Waals surface area contributed by atoms with Crippen molar-refractivity contribution in [2.75, 3.05) is 34.9 Å². The molecule has 2 aromatic carbocycles. The van der Waals surface area contributed by atoms with Gasteiger partial charge in [0.2, 0.25) is 0 Å². The average molecular weight is 538 g/mol. The van der Waals surface area contributed by atoms with Gasteiger partial charge in [0.05, 0.1) is 23.8 Å². The molecule has 8 nitrogen and oxygen atoms in total. The first-order valence-electron chi connectivity index (χ1n) is 13.1. The molecule has 0 bridgehead atoms. The van der Waals surface area contributed by atoms with Gasteiger partial charge in [0, 0.05) is 51.4 Å². The minimum atomic E-state index is -0.660. The predicted molar refractivity (Wildman–Crippen MR) is 146 cm³/mol. The van der Waals surface area contributed by atoms with E-state index in [1.807, 2.05) is 24.0 Å². The Hall–Kier alpha value is -3.72. The number of hydrogen-bond donors (Lipinski definition) is 0. The van der Waals surface area contributed by atoms with Crippen LogP contribution in [0.2, 0.25) is 0 Å². The van der Waals surface area contributed by atoms with Crippen molar-refractivity contribution in [2.24, 2.45) is 11.8 Å². The lowest BCUT2D eigenvalue weighted by Crippen LogP contribution is -2.48. The monoisotopic (exact) mass is 537 g/mol. The summed E-state index contributed by atoms with van der Waals surface area (Å²) in [6.07, 6.45) is 3.21. The second-order valence-electron chi connectivity index (χ2n) is 10.6. The molecule has 0 spiro atoms. The van der Waals surface area contributed by atoms with Gasteiger partial charge >= 0.3 is 0 Å². The average Bonchev–Trinajstić information content (AvgIpc) is 3.27. The summed E-state index contributed by atoms with van der Waals surface area (Å²) >= 11 is 0. The minimum Gasteiger partial charge on any atom is -0.496 e. The number of Topliss-reactive ketones (excluding diaryl/α,β-unsaturated/α-hetero) is 1. The van der Waals surface area contributed by atoms with Crippen LogP contribution >= 0.6 is 0 Å². The van der Waals surface area contributed by atoms with Gasteiger partial charge in [0.15, 0.2) is 0 Å². The maximum atomic E-state index is 14.0. The van der Waals surface area contributed by atoms with E-state index in [0.29, 0.717) is 34.7 Å². The standard InChI is InChI=1S/C30H36FN3O5/c1-18-15-34(19(2)11-21(18)12-20-7-9-22(31)10-8-20)29(36)24-13-23-25(28(35)30(37)32(3)4)16-33(17-38-5)26(23)14-27(24)39-6/h7-10,13-14,16,18-19,21H,11-12,15,17H2,1-6H3/t18-,19+,21?/m0/s1. The second kappa shape index (κ2) is 11.6. The number of ether oxygens (including phenoxy) is 2. The number of carbonyl (C=O) groups is 3. The molecule has 3 atom stereocenters. The van der Waals surface area contributed by atoms with Gasteiger partial charge in [-0.15, -0.1) is 0 Å². The Balaban J connectivity index is 1.67. The van der Waals surface area contributed by atoms with Crippen molar-refractivity contribution in [1.82, 2.24) is 14.4 Å². The Morgan fingerprint density at radius 3 is 2.36 bits per heavy atom. The lowest BCUT2D eigenvalue weighted by Gasteiger charge is -2.42. The van der Waals surface area contributed by atoms with Crippen molar-refractivity contribution < 1.29 is 28.2 Å². The van der Waals surface area contributed by atoms with Crippen LogP contribution in [-0.4, -0.2) is 72.9 Å². The topological polar surface area (TPSA) is 81.1 Å². The van der Waals surface area contributed by atoms with Crippen LogP contribution in [0.15, 0.2) is 42.6 Å². The molecule has 2 heterocycles. The maximum absolute atomic E-state index is 14.0. The van der Waals surface area contributed by atoms with Crippen LogP contribution < -0.4 is 4.74 Å². The quantitative estimate of drug-likeness (QED) is 0.315. The fourth-order valence-electron chi connectivity index (χ4n) is 5.48. The molecule has 0 N–H and O–H groups in total. The molecular weight excluding hydrogens is 501 g/mol. The number of rotatable bonds is 8. The molecule has 3 aromatic rings. The largest absolute Gasteiger partial charge is 0.496 e. The Morgan fingerprint density at radius 1 is 1.05 bits per heavy atom. The Morgan fingerprint density at radius 2 is 1.74 bits per heavy atom. The summed E-state index contributed by atoms with van der Waals surface area (Å²) in [6, 6.07) is 9.94. The van der Waals surface area contributed by atoms with E-state index in [2.05, 4.69) is 6.92 Å². The third-order valence-corrected chi connectivity index (χ3v) is 7.68. The number of hydrogen-bond acceptors (Lipinski definition) is 5. The highest BCUT2D eigenvalue weighted by Gasteiger charge is 2.35. The zero-order chi connectivity index (χ0) is 28.4. The zero-order valence-corrected chi connectivity index (χ0v) is 23.4. The number of nitrogens with zero attached hydrogens (tertiary/aromatic N) is 3. The number of carbonyl (C=O) groups excluding carboxylic acids is 3. The van der Waals surface area contributed by atoms with Crippen LogP contribution in [-0.2, 0) is 22.7 Å². The molecule has 208 valence electrons. The van der Waals surface area contributed by atoms with Crippen LogP contribution in [0.3, 0.4) is 0 Å². The number of aromatic nitrogens is 1. The molecule has 1 fully saturated rings. The number of halogens is 1. The van der Waals surface area contributed by atoms with Gasteiger partial charge in [-0.1, -0.05) is 19.1 Å². The van der Waals surface area contributed by atoms with E-state index < -0.39 is 11.7 Å². The van der Waals surface area contributed by atoms with Gasteiger partial charge in [-0.2, -0.15) is 0 Å². The molecule has 9 heteroatoms. The van der Waals surface area contributed by atoms with Crippen LogP contribution in [0.5, 0.6) is 5.75 Å². The van der Waals surface area contributed by atoms with E-state index in [1.165, 1.54) is 45.3 Å². The number of likely N-dealkylation sites (tertiary alicyclic amines) is 1. The number of amides is 2. The SMILES string of the molecule is COCn1cc(C(=O)C(=O)N(C)C)c2cc(C(=O)N3C[C@H](C)C(Cc4ccc(F)cc4)C[C@H]3C)c(OC)cc21. The van der Waals surface area contributed by atoms with Crippen molar-refractivity contribution in [3.8, 4) is 5.75 Å². The summed E-state index contributed by atoms with van der Waals surface area (Å²) in [5.74, 6) is -0.794. The molecule has 0 saturated carbocycles. The van der Waals surface area contributed by atoms with Crippen molar-refractivity contribution in [1.29, 1.82) is 0 Å². The summed E-state index contributed by atoms with van der Waals surface area (Å²) < 4.78 is 26.0. The second-order valence-corrected chi connectivity index (χ2v) is 10.6. The highest BCUT2D eigenvalue weighted by atomic mass is 19.1. The molecule has 1 saturated heterocycles. The number of benzene rings is 2. The van der Waals surface area contributed by atoms with Crippen molar-refractivity contribution in [2.45, 2.75) is 39.5 Å². The van der Waals surface area contributed by atoms with Gasteiger partial charge < -0.3 is 23.8 Å². The van der Waals surface area contributed by atoms with E-state index in [9.17, 15) is 18.8 Å². The Bertz CT molecular complexity index is 1380. The number of methoxy groups -OCH3 is 2. The van der Waals surface area contributed by atoms with Gasteiger partial charge in [-0.05, 0) is 55.4 Å². The third kappa shape index (κ3) is 5.68. The summed E-state index contributed by atoms with van der Waals surface area (Å²) in [5.41, 5.74) is 2.25. The van der Waals surface area contributed by atoms with E-state index >= 15 is 0 Å². The fourth-order valence-corrected chi connectivity index (χ4v) is 5.48. The normalized spacial score (nSPS) is 19.3. The fraction of sp³-hybridized carbons (Fsp3) is 0.433. The molecule has 2 amide bonds. The van der Waals surface area contributed by atoms with Crippen LogP contribution in [0.1, 0.15) is 46.5 Å². The van der Waals surface area contributed by atoms with Crippen molar-refractivity contribution in [3.05, 3.63) is 65.1 Å². The Labute approximate surface area is 228 Å². The molecule has 1 aliphatic heterocycles. The highest BCUT2D eigenvalue weighted by molar-refractivity contribution is 6.44. The van der Waals surface area contributed by atoms with Crippen LogP contribution in [0.4, 0.5) is 4.39 Å². The van der Waals surface area contributed by atoms with Crippen molar-refractivity contribution >= 4 is 28.5 Å². The van der Waals surface area contributed by atoms with Gasteiger partial charge in [0.1, 0.15) is 18.3 Å². The molecular formula is C30H36FN3O5. The Kier molecular flexibility index (Phi) is 8.39. The summed E-state index contributed by atoms with van der Waals surface area (Å²) in [5, 5.41) is 0.489. The zero-order valence-electron chi connectivity index (χ0n) is 23.4. The first-order valence-corrected chi connectivity index (χ1v) is 13.1. The molecule has 39 heavy (non-hydrogen) atoms. The molecule has 1 unspecified atom stereocenters. The third-order valence-electron chi connectivity index (χ3n) is 7.68. The molecule has 1 aromatic heterocycles.